The monoisotopic (exact) mass is 214 g/mol. The Balaban J connectivity index is 1.79. The number of hydrogen-bond donors (Lipinski definition) is 2. The topological polar surface area (TPSA) is 77.0 Å². The van der Waals surface area contributed by atoms with E-state index in [-0.39, 0.29) is 0 Å². The van der Waals surface area contributed by atoms with Crippen molar-refractivity contribution >= 4 is 17.8 Å². The second kappa shape index (κ2) is 4.65. The van der Waals surface area contributed by atoms with Crippen molar-refractivity contribution in [3.8, 4) is 0 Å². The lowest BCUT2D eigenvalue weighted by atomic mass is 10.2. The number of nitrogens with two attached hydrogens (primary N) is 1. The van der Waals surface area contributed by atoms with Gasteiger partial charge in [0, 0.05) is 11.8 Å². The van der Waals surface area contributed by atoms with Crippen LogP contribution in [-0.2, 0) is 6.54 Å². The molecule has 1 aromatic heterocycles. The van der Waals surface area contributed by atoms with Gasteiger partial charge in [0.05, 0.1) is 6.54 Å². The molecule has 0 aromatic carbocycles. The van der Waals surface area contributed by atoms with Gasteiger partial charge in [0.2, 0.25) is 5.89 Å². The van der Waals surface area contributed by atoms with Crippen molar-refractivity contribution in [2.45, 2.75) is 24.6 Å². The van der Waals surface area contributed by atoms with Gasteiger partial charge in [0.15, 0.2) is 0 Å². The molecule has 2 heterocycles. The van der Waals surface area contributed by atoms with Crippen molar-refractivity contribution in [1.29, 1.82) is 0 Å². The molecule has 1 aromatic rings. The quantitative estimate of drug-likeness (QED) is 0.773. The van der Waals surface area contributed by atoms with Gasteiger partial charge in [-0.1, -0.05) is 5.10 Å². The molecule has 1 fully saturated rings. The Morgan fingerprint density at radius 3 is 3.14 bits per heavy atom. The maximum absolute atomic E-state index is 5.35. The van der Waals surface area contributed by atoms with E-state index in [2.05, 4.69) is 15.5 Å². The summed E-state index contributed by atoms with van der Waals surface area (Å²) in [4.78, 5) is 0. The summed E-state index contributed by atoms with van der Waals surface area (Å²) < 4.78 is 5.23. The van der Waals surface area contributed by atoms with E-state index in [0.717, 1.165) is 6.54 Å². The van der Waals surface area contributed by atoms with Crippen molar-refractivity contribution in [3.05, 3.63) is 5.89 Å². The predicted molar refractivity (Wildman–Crippen MR) is 56.2 cm³/mol. The summed E-state index contributed by atoms with van der Waals surface area (Å²) in [6.07, 6.45) is 2.59. The van der Waals surface area contributed by atoms with Crippen LogP contribution in [0.5, 0.6) is 0 Å². The minimum atomic E-state index is 0.298. The van der Waals surface area contributed by atoms with Gasteiger partial charge in [0.1, 0.15) is 0 Å². The molecule has 14 heavy (non-hydrogen) atoms. The molecule has 0 amide bonds. The molecule has 1 saturated heterocycles. The standard InChI is InChI=1S/C8H14N4OS/c9-4-7-11-12-8(13-7)10-5-6-2-1-3-14-6/h6H,1-5,9H2,(H,10,12). The van der Waals surface area contributed by atoms with Gasteiger partial charge in [-0.15, -0.1) is 5.10 Å². The highest BCUT2D eigenvalue weighted by atomic mass is 32.2. The Bertz CT molecular complexity index is 285. The van der Waals surface area contributed by atoms with Crippen LogP contribution >= 0.6 is 11.8 Å². The highest BCUT2D eigenvalue weighted by molar-refractivity contribution is 8.00. The van der Waals surface area contributed by atoms with Gasteiger partial charge < -0.3 is 15.5 Å². The summed E-state index contributed by atoms with van der Waals surface area (Å²) in [6.45, 7) is 1.20. The summed E-state index contributed by atoms with van der Waals surface area (Å²) in [7, 11) is 0. The SMILES string of the molecule is NCc1nnc(NCC2CCCS2)o1. The molecule has 1 atom stereocenters. The smallest absolute Gasteiger partial charge is 0.315 e. The van der Waals surface area contributed by atoms with Crippen LogP contribution in [0.2, 0.25) is 0 Å². The normalized spacial score (nSPS) is 21.4. The minimum Gasteiger partial charge on any atom is -0.407 e. The minimum absolute atomic E-state index is 0.298. The van der Waals surface area contributed by atoms with Crippen LogP contribution in [0.15, 0.2) is 4.42 Å². The molecule has 6 heteroatoms. The Hall–Kier alpha value is -0.750. The zero-order chi connectivity index (χ0) is 9.80. The third kappa shape index (κ3) is 2.39. The first-order valence-electron chi connectivity index (χ1n) is 4.76. The lowest BCUT2D eigenvalue weighted by molar-refractivity contribution is 0.507. The number of anilines is 1. The largest absolute Gasteiger partial charge is 0.407 e. The third-order valence-electron chi connectivity index (χ3n) is 2.15. The molecule has 3 N–H and O–H groups in total. The molecule has 5 nitrogen and oxygen atoms in total. The van der Waals surface area contributed by atoms with E-state index in [0.29, 0.717) is 23.7 Å². The number of nitrogens with one attached hydrogen (secondary N) is 1. The van der Waals surface area contributed by atoms with Gasteiger partial charge in [-0.25, -0.2) is 0 Å². The van der Waals surface area contributed by atoms with Crippen LogP contribution < -0.4 is 11.1 Å². The zero-order valence-corrected chi connectivity index (χ0v) is 8.72. The highest BCUT2D eigenvalue weighted by Gasteiger charge is 2.16. The van der Waals surface area contributed by atoms with E-state index in [1.165, 1.54) is 18.6 Å². The van der Waals surface area contributed by atoms with Gasteiger partial charge in [-0.3, -0.25) is 0 Å². The van der Waals surface area contributed by atoms with Gasteiger partial charge in [0.25, 0.3) is 0 Å². The van der Waals surface area contributed by atoms with Crippen LogP contribution in [0.3, 0.4) is 0 Å². The van der Waals surface area contributed by atoms with Crippen LogP contribution in [0.4, 0.5) is 6.01 Å². The molecule has 1 aliphatic heterocycles. The van der Waals surface area contributed by atoms with Crippen LogP contribution in [0, 0.1) is 0 Å². The fraction of sp³-hybridized carbons (Fsp3) is 0.750. The molecule has 78 valence electrons. The Morgan fingerprint density at radius 2 is 2.50 bits per heavy atom. The highest BCUT2D eigenvalue weighted by Crippen LogP contribution is 2.26. The predicted octanol–water partition coefficient (Wildman–Crippen LogP) is 0.836. The number of thioether (sulfide) groups is 1. The lowest BCUT2D eigenvalue weighted by Gasteiger charge is -2.06. The summed E-state index contributed by atoms with van der Waals surface area (Å²) in [5, 5.41) is 11.4. The van der Waals surface area contributed by atoms with E-state index in [1.54, 1.807) is 0 Å². The van der Waals surface area contributed by atoms with Gasteiger partial charge in [-0.2, -0.15) is 11.8 Å². The van der Waals surface area contributed by atoms with Gasteiger partial charge in [-0.05, 0) is 18.6 Å². The van der Waals surface area contributed by atoms with E-state index < -0.39 is 0 Å². The second-order valence-electron chi connectivity index (χ2n) is 3.22. The Kier molecular flexibility index (Phi) is 3.26. The first-order valence-corrected chi connectivity index (χ1v) is 5.81. The van der Waals surface area contributed by atoms with Crippen molar-refractivity contribution in [2.24, 2.45) is 5.73 Å². The molecule has 0 spiro atoms. The average molecular weight is 214 g/mol. The van der Waals surface area contributed by atoms with Crippen LogP contribution in [0.1, 0.15) is 18.7 Å². The van der Waals surface area contributed by atoms with E-state index in [1.807, 2.05) is 11.8 Å². The molecule has 2 rings (SSSR count). The molecule has 0 radical (unpaired) electrons. The first kappa shape index (κ1) is 9.79. The molecular formula is C8H14N4OS. The van der Waals surface area contributed by atoms with Crippen LogP contribution in [-0.4, -0.2) is 27.7 Å². The van der Waals surface area contributed by atoms with Crippen molar-refractivity contribution in [1.82, 2.24) is 10.2 Å². The number of hydrogen-bond acceptors (Lipinski definition) is 6. The first-order chi connectivity index (χ1) is 6.88. The summed E-state index contributed by atoms with van der Waals surface area (Å²) >= 11 is 2.00. The summed E-state index contributed by atoms with van der Waals surface area (Å²) in [6, 6.07) is 0.484. The van der Waals surface area contributed by atoms with Crippen LogP contribution in [0.25, 0.3) is 0 Å². The molecule has 1 unspecified atom stereocenters. The fourth-order valence-electron chi connectivity index (χ4n) is 1.41. The maximum atomic E-state index is 5.35. The van der Waals surface area contributed by atoms with E-state index >= 15 is 0 Å². The lowest BCUT2D eigenvalue weighted by Crippen LogP contribution is -2.13. The van der Waals surface area contributed by atoms with E-state index in [4.69, 9.17) is 10.2 Å². The molecule has 0 saturated carbocycles. The Morgan fingerprint density at radius 1 is 1.57 bits per heavy atom. The molecule has 0 bridgehead atoms. The molecule has 0 aliphatic carbocycles. The average Bonchev–Trinajstić information content (AvgIpc) is 2.86. The summed E-state index contributed by atoms with van der Waals surface area (Å²) in [5.41, 5.74) is 5.35. The second-order valence-corrected chi connectivity index (χ2v) is 4.63. The third-order valence-corrected chi connectivity index (χ3v) is 3.54. The van der Waals surface area contributed by atoms with Crippen molar-refractivity contribution in [3.63, 3.8) is 0 Å². The van der Waals surface area contributed by atoms with Crippen molar-refractivity contribution in [2.75, 3.05) is 17.6 Å². The number of nitrogens with zero attached hydrogens (tertiary/aromatic N) is 2. The number of rotatable bonds is 4. The Labute approximate surface area is 86.8 Å². The molecular weight excluding hydrogens is 200 g/mol. The number of aromatic nitrogens is 2. The van der Waals surface area contributed by atoms with Crippen molar-refractivity contribution < 1.29 is 4.42 Å². The summed E-state index contributed by atoms with van der Waals surface area (Å²) in [5.74, 6) is 1.75. The maximum Gasteiger partial charge on any atom is 0.315 e. The molecule has 1 aliphatic rings. The fourth-order valence-corrected chi connectivity index (χ4v) is 2.62. The zero-order valence-electron chi connectivity index (χ0n) is 7.90. The van der Waals surface area contributed by atoms with Gasteiger partial charge >= 0.3 is 6.01 Å². The van der Waals surface area contributed by atoms with E-state index in [9.17, 15) is 0 Å².